The van der Waals surface area contributed by atoms with Crippen LogP contribution in [0.2, 0.25) is 0 Å². The molecule has 9 nitrogen and oxygen atoms in total. The molecule has 0 amide bonds. The van der Waals surface area contributed by atoms with E-state index in [9.17, 15) is 4.79 Å². The third-order valence-corrected chi connectivity index (χ3v) is 7.33. The standard InChI is InChI=1S/C35H70O9/c1-4-7-9-10-11-12-13-14-15-16-17-19-37-20-21-38-22-23-39-24-25-40-26-27-41-28-29-42-30-31-43-32-33-44-35(36)34(6-3)18-8-5-2/h34H,4-33H2,1-3H3. The average molecular weight is 635 g/mol. The maximum absolute atomic E-state index is 12.0. The number of ether oxygens (including phenoxy) is 8. The molecule has 0 fully saturated rings. The van der Waals surface area contributed by atoms with Crippen molar-refractivity contribution in [3.05, 3.63) is 0 Å². The number of rotatable bonds is 38. The van der Waals surface area contributed by atoms with Gasteiger partial charge in [0.1, 0.15) is 6.61 Å². The summed E-state index contributed by atoms with van der Waals surface area (Å²) in [5, 5.41) is 0. The fourth-order valence-electron chi connectivity index (χ4n) is 4.55. The SMILES string of the molecule is CCCCCCCCCCCCCOCCOCCOCCOCCOCCOCCOCCOC(=O)C(CC)CCCC. The lowest BCUT2D eigenvalue weighted by atomic mass is 10.00. The highest BCUT2D eigenvalue weighted by atomic mass is 16.6. The second-order valence-corrected chi connectivity index (χ2v) is 11.2. The van der Waals surface area contributed by atoms with Crippen LogP contribution in [0.3, 0.4) is 0 Å². The Labute approximate surface area is 270 Å². The van der Waals surface area contributed by atoms with Gasteiger partial charge in [-0.1, -0.05) is 97.8 Å². The third-order valence-electron chi connectivity index (χ3n) is 7.33. The molecule has 0 N–H and O–H groups in total. The molecule has 0 heterocycles. The van der Waals surface area contributed by atoms with Gasteiger partial charge in [0, 0.05) is 6.61 Å². The molecule has 0 aromatic rings. The maximum atomic E-state index is 12.0. The van der Waals surface area contributed by atoms with Crippen molar-refractivity contribution in [1.29, 1.82) is 0 Å². The van der Waals surface area contributed by atoms with Crippen LogP contribution in [-0.4, -0.2) is 105 Å². The molecule has 0 aliphatic carbocycles. The van der Waals surface area contributed by atoms with Crippen LogP contribution in [0, 0.1) is 5.92 Å². The lowest BCUT2D eigenvalue weighted by Crippen LogP contribution is -2.20. The van der Waals surface area contributed by atoms with Crippen LogP contribution < -0.4 is 0 Å². The van der Waals surface area contributed by atoms with Gasteiger partial charge < -0.3 is 37.9 Å². The Morgan fingerprint density at radius 2 is 0.705 bits per heavy atom. The van der Waals surface area contributed by atoms with Gasteiger partial charge in [-0.05, 0) is 19.3 Å². The summed E-state index contributed by atoms with van der Waals surface area (Å²) in [5.41, 5.74) is 0. The molecule has 0 saturated carbocycles. The summed E-state index contributed by atoms with van der Waals surface area (Å²) in [6, 6.07) is 0. The summed E-state index contributed by atoms with van der Waals surface area (Å²) in [6.45, 7) is 14.4. The Hall–Kier alpha value is -0.810. The molecule has 0 aliphatic rings. The molecule has 0 aromatic carbocycles. The van der Waals surface area contributed by atoms with Crippen LogP contribution in [0.1, 0.15) is 117 Å². The van der Waals surface area contributed by atoms with Crippen molar-refractivity contribution in [3.63, 3.8) is 0 Å². The number of carbonyl (C=O) groups is 1. The van der Waals surface area contributed by atoms with Gasteiger partial charge in [-0.2, -0.15) is 0 Å². The molecule has 44 heavy (non-hydrogen) atoms. The molecule has 0 aromatic heterocycles. The largest absolute Gasteiger partial charge is 0.463 e. The molecule has 1 atom stereocenters. The normalized spacial score (nSPS) is 12.2. The van der Waals surface area contributed by atoms with Gasteiger partial charge in [-0.3, -0.25) is 4.79 Å². The van der Waals surface area contributed by atoms with E-state index in [1.165, 1.54) is 64.2 Å². The number of hydrogen-bond acceptors (Lipinski definition) is 9. The summed E-state index contributed by atoms with van der Waals surface area (Å²) in [6.07, 6.45) is 18.7. The zero-order chi connectivity index (χ0) is 32.0. The quantitative estimate of drug-likeness (QED) is 0.0518. The first-order valence-corrected chi connectivity index (χ1v) is 18.0. The van der Waals surface area contributed by atoms with Crippen LogP contribution in [0.4, 0.5) is 0 Å². The molecule has 1 unspecified atom stereocenters. The van der Waals surface area contributed by atoms with Crippen molar-refractivity contribution in [2.45, 2.75) is 117 Å². The molecule has 0 aliphatic heterocycles. The molecule has 0 rings (SSSR count). The Morgan fingerprint density at radius 1 is 0.386 bits per heavy atom. The van der Waals surface area contributed by atoms with Crippen LogP contribution in [0.25, 0.3) is 0 Å². The topological polar surface area (TPSA) is 90.9 Å². The summed E-state index contributed by atoms with van der Waals surface area (Å²) >= 11 is 0. The number of unbranched alkanes of at least 4 members (excludes halogenated alkanes) is 11. The average Bonchev–Trinajstić information content (AvgIpc) is 3.03. The molecular formula is C35H70O9. The molecule has 264 valence electrons. The fraction of sp³-hybridized carbons (Fsp3) is 0.971. The first-order chi connectivity index (χ1) is 21.8. The van der Waals surface area contributed by atoms with Crippen LogP contribution in [-0.2, 0) is 42.7 Å². The number of esters is 1. The predicted octanol–water partition coefficient (Wildman–Crippen LogP) is 7.17. The predicted molar refractivity (Wildman–Crippen MR) is 176 cm³/mol. The van der Waals surface area contributed by atoms with Crippen molar-refractivity contribution in [2.24, 2.45) is 5.92 Å². The minimum Gasteiger partial charge on any atom is -0.463 e. The van der Waals surface area contributed by atoms with E-state index >= 15 is 0 Å². The van der Waals surface area contributed by atoms with Crippen LogP contribution in [0.5, 0.6) is 0 Å². The van der Waals surface area contributed by atoms with Crippen molar-refractivity contribution >= 4 is 5.97 Å². The molecule has 0 radical (unpaired) electrons. The Morgan fingerprint density at radius 3 is 1.07 bits per heavy atom. The van der Waals surface area contributed by atoms with Crippen molar-refractivity contribution in [1.82, 2.24) is 0 Å². The lowest BCUT2D eigenvalue weighted by molar-refractivity contribution is -0.150. The number of hydrogen-bond donors (Lipinski definition) is 0. The van der Waals surface area contributed by atoms with Gasteiger partial charge in [0.25, 0.3) is 0 Å². The first-order valence-electron chi connectivity index (χ1n) is 18.0. The van der Waals surface area contributed by atoms with E-state index in [0.717, 1.165) is 38.7 Å². The van der Waals surface area contributed by atoms with Gasteiger partial charge in [-0.25, -0.2) is 0 Å². The highest BCUT2D eigenvalue weighted by Gasteiger charge is 2.16. The minimum atomic E-state index is -0.110. The molecular weight excluding hydrogens is 564 g/mol. The zero-order valence-electron chi connectivity index (χ0n) is 29.0. The second-order valence-electron chi connectivity index (χ2n) is 11.2. The van der Waals surface area contributed by atoms with Crippen molar-refractivity contribution < 1.29 is 42.7 Å². The maximum Gasteiger partial charge on any atom is 0.308 e. The smallest absolute Gasteiger partial charge is 0.308 e. The van der Waals surface area contributed by atoms with Crippen LogP contribution in [0.15, 0.2) is 0 Å². The molecule has 9 heteroatoms. The van der Waals surface area contributed by atoms with Crippen LogP contribution >= 0.6 is 0 Å². The van der Waals surface area contributed by atoms with Gasteiger partial charge in [0.2, 0.25) is 0 Å². The van der Waals surface area contributed by atoms with Gasteiger partial charge in [0.15, 0.2) is 0 Å². The van der Waals surface area contributed by atoms with Crippen molar-refractivity contribution in [3.8, 4) is 0 Å². The highest BCUT2D eigenvalue weighted by Crippen LogP contribution is 2.14. The Kier molecular flexibility index (Phi) is 37.7. The highest BCUT2D eigenvalue weighted by molar-refractivity contribution is 5.72. The van der Waals surface area contributed by atoms with Crippen molar-refractivity contribution in [2.75, 3.05) is 99.1 Å². The van der Waals surface area contributed by atoms with Gasteiger partial charge in [0.05, 0.1) is 91.8 Å². The Balaban J connectivity index is 3.14. The van der Waals surface area contributed by atoms with E-state index in [1.54, 1.807) is 0 Å². The van der Waals surface area contributed by atoms with E-state index in [-0.39, 0.29) is 11.9 Å². The molecule has 0 bridgehead atoms. The van der Waals surface area contributed by atoms with Gasteiger partial charge in [-0.15, -0.1) is 0 Å². The monoisotopic (exact) mass is 635 g/mol. The lowest BCUT2D eigenvalue weighted by Gasteiger charge is -2.13. The second kappa shape index (κ2) is 38.4. The summed E-state index contributed by atoms with van der Waals surface area (Å²) in [4.78, 5) is 12.0. The fourth-order valence-corrected chi connectivity index (χ4v) is 4.55. The van der Waals surface area contributed by atoms with E-state index in [2.05, 4.69) is 13.8 Å². The summed E-state index contributed by atoms with van der Waals surface area (Å²) < 4.78 is 43.9. The molecule has 0 spiro atoms. The summed E-state index contributed by atoms with van der Waals surface area (Å²) in [7, 11) is 0. The summed E-state index contributed by atoms with van der Waals surface area (Å²) in [5.74, 6) is -0.104. The van der Waals surface area contributed by atoms with E-state index < -0.39 is 0 Å². The minimum absolute atomic E-state index is 0.00619. The van der Waals surface area contributed by atoms with E-state index in [1.807, 2.05) is 6.92 Å². The number of carbonyl (C=O) groups excluding carboxylic acids is 1. The Bertz CT molecular complexity index is 550. The third kappa shape index (κ3) is 34.1. The zero-order valence-corrected chi connectivity index (χ0v) is 29.0. The molecule has 0 saturated heterocycles. The van der Waals surface area contributed by atoms with E-state index in [0.29, 0.717) is 92.5 Å². The van der Waals surface area contributed by atoms with Gasteiger partial charge >= 0.3 is 5.97 Å². The van der Waals surface area contributed by atoms with E-state index in [4.69, 9.17) is 37.9 Å². The first kappa shape index (κ1) is 43.2.